The van der Waals surface area contributed by atoms with Crippen molar-refractivity contribution in [3.05, 3.63) is 60.2 Å². The number of nitrogens with one attached hydrogen (secondary N) is 1. The van der Waals surface area contributed by atoms with Crippen molar-refractivity contribution >= 4 is 15.9 Å². The smallest absolute Gasteiger partial charge is 0.238 e. The highest BCUT2D eigenvalue weighted by atomic mass is 32.2. The number of rotatable bonds is 8. The number of para-hydroxylation sites is 1. The van der Waals surface area contributed by atoms with Crippen LogP contribution in [0.5, 0.6) is 5.75 Å². The first-order chi connectivity index (χ1) is 11.9. The van der Waals surface area contributed by atoms with E-state index in [9.17, 15) is 13.2 Å². The van der Waals surface area contributed by atoms with Crippen LogP contribution in [0, 0.1) is 0 Å². The predicted octanol–water partition coefficient (Wildman–Crippen LogP) is 2.37. The van der Waals surface area contributed by atoms with Crippen LogP contribution in [0.1, 0.15) is 31.4 Å². The number of hydrogen-bond donors (Lipinski definition) is 2. The molecule has 1 amide bonds. The minimum absolute atomic E-state index is 0.0489. The summed E-state index contributed by atoms with van der Waals surface area (Å²) < 4.78 is 28.0. The molecule has 2 aromatic rings. The maximum Gasteiger partial charge on any atom is 0.238 e. The van der Waals surface area contributed by atoms with Crippen molar-refractivity contribution in [3.8, 4) is 5.75 Å². The van der Waals surface area contributed by atoms with Gasteiger partial charge in [0, 0.05) is 6.42 Å². The van der Waals surface area contributed by atoms with Gasteiger partial charge in [0.05, 0.1) is 17.5 Å². The van der Waals surface area contributed by atoms with E-state index in [-0.39, 0.29) is 16.8 Å². The summed E-state index contributed by atoms with van der Waals surface area (Å²) in [6.45, 7) is 2.30. The number of benzene rings is 2. The van der Waals surface area contributed by atoms with Crippen molar-refractivity contribution in [2.45, 2.75) is 30.7 Å². The van der Waals surface area contributed by atoms with Crippen LogP contribution in [-0.2, 0) is 14.8 Å². The van der Waals surface area contributed by atoms with Gasteiger partial charge in [0.25, 0.3) is 0 Å². The second-order valence-corrected chi connectivity index (χ2v) is 7.23. The summed E-state index contributed by atoms with van der Waals surface area (Å²) >= 11 is 0. The zero-order valence-corrected chi connectivity index (χ0v) is 14.8. The molecule has 2 aromatic carbocycles. The number of nitrogens with two attached hydrogens (primary N) is 1. The van der Waals surface area contributed by atoms with Crippen LogP contribution < -0.4 is 15.2 Å². The van der Waals surface area contributed by atoms with Crippen LogP contribution in [0.25, 0.3) is 0 Å². The summed E-state index contributed by atoms with van der Waals surface area (Å²) in [6, 6.07) is 15.4. The largest absolute Gasteiger partial charge is 0.494 e. The lowest BCUT2D eigenvalue weighted by atomic mass is 10.1. The van der Waals surface area contributed by atoms with E-state index in [4.69, 9.17) is 9.88 Å². The Hall–Kier alpha value is -2.38. The molecule has 1 atom stereocenters. The lowest BCUT2D eigenvalue weighted by Crippen LogP contribution is -2.26. The van der Waals surface area contributed by atoms with Crippen molar-refractivity contribution in [2.24, 2.45) is 5.14 Å². The summed E-state index contributed by atoms with van der Waals surface area (Å²) in [6.07, 6.45) is 0.963. The van der Waals surface area contributed by atoms with Gasteiger partial charge in [-0.3, -0.25) is 4.79 Å². The third-order valence-electron chi connectivity index (χ3n) is 3.65. The average molecular weight is 362 g/mol. The van der Waals surface area contributed by atoms with Gasteiger partial charge in [0.15, 0.2) is 0 Å². The molecule has 0 aliphatic rings. The zero-order valence-electron chi connectivity index (χ0n) is 14.0. The monoisotopic (exact) mass is 362 g/mol. The van der Waals surface area contributed by atoms with E-state index in [1.54, 1.807) is 12.1 Å². The molecular weight excluding hydrogens is 340 g/mol. The Bertz CT molecular complexity index is 790. The van der Waals surface area contributed by atoms with Gasteiger partial charge >= 0.3 is 0 Å². The topological polar surface area (TPSA) is 98.5 Å². The van der Waals surface area contributed by atoms with Crippen LogP contribution in [0.3, 0.4) is 0 Å². The molecular formula is C18H22N2O4S. The number of carbonyl (C=O) groups excluding carboxylic acids is 1. The first-order valence-electron chi connectivity index (χ1n) is 7.96. The van der Waals surface area contributed by atoms with E-state index < -0.39 is 10.0 Å². The van der Waals surface area contributed by atoms with Crippen LogP contribution in [0.4, 0.5) is 0 Å². The molecule has 0 bridgehead atoms. The van der Waals surface area contributed by atoms with Crippen LogP contribution in [0.2, 0.25) is 0 Å². The molecule has 0 saturated carbocycles. The molecule has 2 rings (SSSR count). The Morgan fingerprint density at radius 3 is 2.36 bits per heavy atom. The second-order valence-electron chi connectivity index (χ2n) is 5.67. The van der Waals surface area contributed by atoms with Crippen molar-refractivity contribution < 1.29 is 17.9 Å². The Kier molecular flexibility index (Phi) is 6.55. The van der Waals surface area contributed by atoms with E-state index in [2.05, 4.69) is 5.32 Å². The highest BCUT2D eigenvalue weighted by molar-refractivity contribution is 7.89. The Balaban J connectivity index is 1.76. The predicted molar refractivity (Wildman–Crippen MR) is 95.5 cm³/mol. The fourth-order valence-corrected chi connectivity index (χ4v) is 2.80. The summed E-state index contributed by atoms with van der Waals surface area (Å²) in [7, 11) is -3.71. The summed E-state index contributed by atoms with van der Waals surface area (Å²) in [5.41, 5.74) is 0.807. The standard InChI is InChI=1S/C18H22N2O4S/c1-14(15-9-11-17(12-10-15)25(19,22)23)20-18(21)8-5-13-24-16-6-3-2-4-7-16/h2-4,6-7,9-12,14H,5,8,13H2,1H3,(H,20,21)(H2,19,22,23). The van der Waals surface area contributed by atoms with Gasteiger partial charge in [0.1, 0.15) is 5.75 Å². The number of carbonyl (C=O) groups is 1. The molecule has 7 heteroatoms. The van der Waals surface area contributed by atoms with Crippen LogP contribution in [0.15, 0.2) is 59.5 Å². The molecule has 134 valence electrons. The molecule has 1 unspecified atom stereocenters. The first-order valence-corrected chi connectivity index (χ1v) is 9.51. The molecule has 0 aliphatic heterocycles. The lowest BCUT2D eigenvalue weighted by Gasteiger charge is -2.15. The normalized spacial score (nSPS) is 12.4. The van der Waals surface area contributed by atoms with E-state index in [1.165, 1.54) is 12.1 Å². The highest BCUT2D eigenvalue weighted by Gasteiger charge is 2.12. The SMILES string of the molecule is CC(NC(=O)CCCOc1ccccc1)c1ccc(S(N)(=O)=O)cc1. The van der Waals surface area contributed by atoms with Gasteiger partial charge in [0.2, 0.25) is 15.9 Å². The molecule has 0 spiro atoms. The van der Waals surface area contributed by atoms with Crippen LogP contribution in [-0.4, -0.2) is 20.9 Å². The minimum atomic E-state index is -3.71. The molecule has 25 heavy (non-hydrogen) atoms. The number of ether oxygens (including phenoxy) is 1. The quantitative estimate of drug-likeness (QED) is 0.704. The van der Waals surface area contributed by atoms with Crippen LogP contribution >= 0.6 is 0 Å². The van der Waals surface area contributed by atoms with Gasteiger partial charge in [-0.15, -0.1) is 0 Å². The van der Waals surface area contributed by atoms with E-state index in [0.717, 1.165) is 11.3 Å². The van der Waals surface area contributed by atoms with Gasteiger partial charge in [-0.25, -0.2) is 13.6 Å². The van der Waals surface area contributed by atoms with E-state index in [0.29, 0.717) is 19.4 Å². The summed E-state index contributed by atoms with van der Waals surface area (Å²) in [5, 5.41) is 7.94. The molecule has 6 nitrogen and oxygen atoms in total. The van der Waals surface area contributed by atoms with Crippen molar-refractivity contribution in [3.63, 3.8) is 0 Å². The van der Waals surface area contributed by atoms with Gasteiger partial charge < -0.3 is 10.1 Å². The van der Waals surface area contributed by atoms with Gasteiger partial charge in [-0.1, -0.05) is 30.3 Å². The summed E-state index contributed by atoms with van der Waals surface area (Å²) in [4.78, 5) is 12.0. The number of amides is 1. The fraction of sp³-hybridized carbons (Fsp3) is 0.278. The first kappa shape index (κ1) is 19.0. The van der Waals surface area contributed by atoms with Crippen molar-refractivity contribution in [2.75, 3.05) is 6.61 Å². The van der Waals surface area contributed by atoms with Gasteiger partial charge in [-0.2, -0.15) is 0 Å². The van der Waals surface area contributed by atoms with Gasteiger partial charge in [-0.05, 0) is 43.2 Å². The maximum atomic E-state index is 12.0. The Labute approximate surface area is 148 Å². The molecule has 0 heterocycles. The third-order valence-corrected chi connectivity index (χ3v) is 4.58. The number of hydrogen-bond acceptors (Lipinski definition) is 4. The average Bonchev–Trinajstić information content (AvgIpc) is 2.59. The lowest BCUT2D eigenvalue weighted by molar-refractivity contribution is -0.121. The number of primary sulfonamides is 1. The molecule has 0 aliphatic carbocycles. The summed E-state index contributed by atoms with van der Waals surface area (Å²) in [5.74, 6) is 0.700. The highest BCUT2D eigenvalue weighted by Crippen LogP contribution is 2.16. The maximum absolute atomic E-state index is 12.0. The third kappa shape index (κ3) is 6.21. The molecule has 0 fully saturated rings. The van der Waals surface area contributed by atoms with Crippen molar-refractivity contribution in [1.29, 1.82) is 0 Å². The molecule has 0 radical (unpaired) electrons. The second kappa shape index (κ2) is 8.64. The van der Waals surface area contributed by atoms with E-state index in [1.807, 2.05) is 37.3 Å². The molecule has 0 saturated heterocycles. The fourth-order valence-electron chi connectivity index (χ4n) is 2.28. The van der Waals surface area contributed by atoms with E-state index >= 15 is 0 Å². The molecule has 3 N–H and O–H groups in total. The molecule has 0 aromatic heterocycles. The van der Waals surface area contributed by atoms with Crippen molar-refractivity contribution in [1.82, 2.24) is 5.32 Å². The Morgan fingerprint density at radius 2 is 1.76 bits per heavy atom. The number of sulfonamides is 1. The Morgan fingerprint density at radius 1 is 1.12 bits per heavy atom. The minimum Gasteiger partial charge on any atom is -0.494 e. The zero-order chi connectivity index (χ0) is 18.3.